The third-order valence-electron chi connectivity index (χ3n) is 18.8. The van der Waals surface area contributed by atoms with Crippen LogP contribution in [-0.2, 0) is 29.3 Å². The minimum atomic E-state index is 0. The molecule has 0 spiro atoms. The van der Waals surface area contributed by atoms with Gasteiger partial charge in [0.2, 0.25) is 0 Å². The van der Waals surface area contributed by atoms with E-state index in [4.69, 9.17) is 0 Å². The molecule has 2 aromatic carbocycles. The molecule has 500 valence electrons. The third-order valence-corrected chi connectivity index (χ3v) is 18.8. The molecule has 2 aromatic rings. The van der Waals surface area contributed by atoms with E-state index in [1.807, 2.05) is 0 Å². The quantitative estimate of drug-likeness (QED) is 0.0158. The summed E-state index contributed by atoms with van der Waals surface area (Å²) >= 11 is 0. The van der Waals surface area contributed by atoms with Crippen molar-refractivity contribution in [3.05, 3.63) is 99.1 Å². The Hall–Kier alpha value is -2.69. The van der Waals surface area contributed by atoms with Gasteiger partial charge in [-0.25, -0.2) is 0 Å². The van der Waals surface area contributed by atoms with Crippen molar-refractivity contribution in [1.82, 2.24) is 0 Å². The van der Waals surface area contributed by atoms with Crippen LogP contribution >= 0.6 is 0 Å². The predicted molar refractivity (Wildman–Crippen MR) is 389 cm³/mol. The number of allylic oxidation sites excluding steroid dienone is 4. The Labute approximate surface area is 554 Å². The maximum Gasteiger partial charge on any atom is 0.303 e. The van der Waals surface area contributed by atoms with E-state index < -0.39 is 0 Å². The van der Waals surface area contributed by atoms with Gasteiger partial charge in [-0.15, -0.1) is 4.79 Å². The molecule has 0 amide bonds. The van der Waals surface area contributed by atoms with Gasteiger partial charge in [-0.1, -0.05) is 398 Å². The normalized spacial score (nSPS) is 11.8. The van der Waals surface area contributed by atoms with Crippen molar-refractivity contribution in [1.29, 1.82) is 0 Å². The van der Waals surface area contributed by atoms with Crippen LogP contribution in [0.25, 0.3) is 23.3 Å². The number of rotatable bonds is 64. The first-order chi connectivity index (χ1) is 42.6. The van der Waals surface area contributed by atoms with Crippen molar-refractivity contribution >= 4 is 23.6 Å². The molecule has 0 fully saturated rings. The largest absolute Gasteiger partial charge is 0.348 e. The van der Waals surface area contributed by atoms with E-state index in [0.717, 1.165) is 37.7 Å². The average Bonchev–Trinajstić information content (AvgIpc) is 2.02. The number of hydrogen-bond donors (Lipinski definition) is 0. The summed E-state index contributed by atoms with van der Waals surface area (Å²) < 4.78 is 0. The molecule has 0 aliphatic carbocycles. The van der Waals surface area contributed by atoms with Gasteiger partial charge >= 0.3 is 5.87 Å². The number of unbranched alkanes of at least 4 members (excludes halogenated alkanes) is 52. The minimum Gasteiger partial charge on any atom is -0.348 e. The molecule has 0 atom stereocenters. The standard InChI is InChI=1S/C84H144N2.Ni/c1-6-11-15-19-23-25-27-29-31-33-35-37-39-41-43-45-47-49-51-53-55-59-63-67-80-70-81(68-64-60-56-54-52-50-48-46-44-42-40-38-36-34-32-30-28-26-24-20-16-12-7-2)74-83(73-80)84(75-77(10-5)76-86-85)82-71-78(65-61-57-21-17-13-8-3)69-79(72-82)66-62-58-22-18-14-9-4;/h63-64,67-75H,6-62,65-66H2,1-5H3;. The Bertz CT molecular complexity index is 1880. The van der Waals surface area contributed by atoms with Gasteiger partial charge in [0.05, 0.1) is 5.57 Å². The van der Waals surface area contributed by atoms with Gasteiger partial charge in [0.1, 0.15) is 0 Å². The smallest absolute Gasteiger partial charge is 0.303 e. The van der Waals surface area contributed by atoms with Crippen LogP contribution in [0, 0.1) is 0 Å². The summed E-state index contributed by atoms with van der Waals surface area (Å²) in [6.07, 6.45) is 92.8. The first-order valence-corrected chi connectivity index (χ1v) is 38.9. The van der Waals surface area contributed by atoms with E-state index in [0.29, 0.717) is 0 Å². The van der Waals surface area contributed by atoms with E-state index in [1.165, 1.54) is 386 Å². The number of aryl methyl sites for hydroxylation is 2. The van der Waals surface area contributed by atoms with Gasteiger partial charge in [-0.3, -0.25) is 0 Å². The molecule has 87 heavy (non-hydrogen) atoms. The molecule has 0 aliphatic heterocycles. The third kappa shape index (κ3) is 50.6. The fraction of sp³-hybridized carbons (Fsp3) is 0.762. The molecule has 0 radical (unpaired) electrons. The molecule has 0 saturated carbocycles. The summed E-state index contributed by atoms with van der Waals surface area (Å²) in [7, 11) is 0. The van der Waals surface area contributed by atoms with Gasteiger partial charge < -0.3 is 5.53 Å². The maximum atomic E-state index is 9.80. The van der Waals surface area contributed by atoms with Crippen molar-refractivity contribution in [3.63, 3.8) is 0 Å². The molecule has 2 nitrogen and oxygen atoms in total. The van der Waals surface area contributed by atoms with E-state index in [1.54, 1.807) is 0 Å². The molecule has 0 aliphatic rings. The first-order valence-electron chi connectivity index (χ1n) is 38.9. The molecule has 0 aromatic heterocycles. The Morgan fingerprint density at radius 3 is 0.839 bits per heavy atom. The fourth-order valence-electron chi connectivity index (χ4n) is 13.1. The van der Waals surface area contributed by atoms with Gasteiger partial charge in [0, 0.05) is 16.5 Å². The predicted octanol–water partition coefficient (Wildman–Crippen LogP) is 29.4. The second-order valence-electron chi connectivity index (χ2n) is 27.1. The summed E-state index contributed by atoms with van der Waals surface area (Å²) in [5, 5.41) is 0. The van der Waals surface area contributed by atoms with Crippen LogP contribution in [0.15, 0.2) is 60.2 Å². The van der Waals surface area contributed by atoms with Crippen LogP contribution in [-0.4, -0.2) is 10.7 Å². The molecule has 2 rings (SSSR count). The molecule has 0 heterocycles. The van der Waals surface area contributed by atoms with Crippen LogP contribution in [0.3, 0.4) is 0 Å². The molecule has 3 heteroatoms. The molecule has 0 saturated heterocycles. The van der Waals surface area contributed by atoms with E-state index in [9.17, 15) is 5.53 Å². The van der Waals surface area contributed by atoms with Crippen LogP contribution < -0.4 is 0 Å². The minimum absolute atomic E-state index is 0. The zero-order chi connectivity index (χ0) is 61.5. The summed E-state index contributed by atoms with van der Waals surface area (Å²) in [4.78, 5) is 3.44. The fourth-order valence-corrected chi connectivity index (χ4v) is 13.1. The Morgan fingerprint density at radius 1 is 0.322 bits per heavy atom. The van der Waals surface area contributed by atoms with Crippen LogP contribution in [0.4, 0.5) is 0 Å². The molecular weight excluding hydrogens is 1100 g/mol. The van der Waals surface area contributed by atoms with Crippen molar-refractivity contribution in [2.45, 2.75) is 413 Å². The first kappa shape index (κ1) is 82.3. The van der Waals surface area contributed by atoms with Crippen LogP contribution in [0.1, 0.15) is 434 Å². The van der Waals surface area contributed by atoms with Crippen molar-refractivity contribution in [2.24, 2.45) is 0 Å². The second kappa shape index (κ2) is 64.8. The van der Waals surface area contributed by atoms with Gasteiger partial charge in [-0.05, 0) is 121 Å². The molecule has 0 bridgehead atoms. The van der Waals surface area contributed by atoms with E-state index in [2.05, 4.69) is 112 Å². The van der Waals surface area contributed by atoms with E-state index >= 15 is 0 Å². The summed E-state index contributed by atoms with van der Waals surface area (Å²) in [6.45, 7) is 11.4. The van der Waals surface area contributed by atoms with Crippen LogP contribution in [0.5, 0.6) is 0 Å². The Kier molecular flexibility index (Phi) is 61.3. The second-order valence-corrected chi connectivity index (χ2v) is 27.1. The van der Waals surface area contributed by atoms with Crippen molar-refractivity contribution in [2.75, 3.05) is 0 Å². The maximum absolute atomic E-state index is 9.80. The van der Waals surface area contributed by atoms with Crippen molar-refractivity contribution in [3.8, 4) is 0 Å². The van der Waals surface area contributed by atoms with E-state index in [-0.39, 0.29) is 16.5 Å². The zero-order valence-electron chi connectivity index (χ0n) is 58.8. The Morgan fingerprint density at radius 2 is 0.575 bits per heavy atom. The molecule has 0 N–H and O–H groups in total. The SMILES string of the molecule is CCCCCCCCCCCCCCCCCCCCCCCC=Cc1cc(C=CCCCCCCCCCCCCCCCCCCCCCCC)cc(C(=CC(=C=[N+]=[N-])CC)c2cc(CCCCCCCC)cc(CCCCCCCC)c2)c1.[Ni]. The van der Waals surface area contributed by atoms with Gasteiger partial charge in [0.15, 0.2) is 0 Å². The monoisotopic (exact) mass is 1240 g/mol. The topological polar surface area (TPSA) is 36.4 Å². The van der Waals surface area contributed by atoms with Gasteiger partial charge in [-0.2, -0.15) is 0 Å². The van der Waals surface area contributed by atoms with Crippen LogP contribution in [0.2, 0.25) is 0 Å². The molecular formula is C84H144N2Ni. The number of nitrogens with zero attached hydrogens (tertiary/aromatic N) is 2. The summed E-state index contributed by atoms with van der Waals surface area (Å²) in [5.74, 6) is 2.96. The summed E-state index contributed by atoms with van der Waals surface area (Å²) in [5.41, 5.74) is 19.9. The Balaban J connectivity index is 0.0000378. The molecule has 0 unspecified atom stereocenters. The number of hydrogen-bond acceptors (Lipinski definition) is 0. The summed E-state index contributed by atoms with van der Waals surface area (Å²) in [6, 6.07) is 14.8. The van der Waals surface area contributed by atoms with Gasteiger partial charge in [0.25, 0.3) is 0 Å². The van der Waals surface area contributed by atoms with Crippen molar-refractivity contribution < 1.29 is 21.3 Å². The average molecular weight is 1240 g/mol. The zero-order valence-corrected chi connectivity index (χ0v) is 59.8. The number of benzene rings is 2.